The van der Waals surface area contributed by atoms with Crippen molar-refractivity contribution in [3.63, 3.8) is 0 Å². The van der Waals surface area contributed by atoms with E-state index < -0.39 is 0 Å². The van der Waals surface area contributed by atoms with Gasteiger partial charge in [0.1, 0.15) is 0 Å². The molecule has 0 aliphatic carbocycles. The zero-order chi connectivity index (χ0) is 12.1. The molecular formula is C14H26N2O. The van der Waals surface area contributed by atoms with E-state index >= 15 is 0 Å². The molecule has 1 amide bonds. The van der Waals surface area contributed by atoms with Gasteiger partial charge in [0.25, 0.3) is 0 Å². The van der Waals surface area contributed by atoms with Crippen LogP contribution in [0.2, 0.25) is 0 Å². The maximum atomic E-state index is 12.5. The number of likely N-dealkylation sites (tertiary alicyclic amines) is 1. The molecule has 2 heterocycles. The smallest absolute Gasteiger partial charge is 0.227 e. The molecule has 0 saturated carbocycles. The number of amides is 1. The van der Waals surface area contributed by atoms with E-state index in [0.29, 0.717) is 11.9 Å². The molecule has 2 aliphatic heterocycles. The zero-order valence-corrected chi connectivity index (χ0v) is 11.1. The van der Waals surface area contributed by atoms with Crippen molar-refractivity contribution in [2.75, 3.05) is 19.6 Å². The standard InChI is InChI=1S/C14H26N2O/c1-2-6-13-8-3-4-10-16(13)14(17)12-7-5-9-15-11-12/h12-13,15H,2-11H2,1H3/t12-,13?/m1/s1. The topological polar surface area (TPSA) is 32.3 Å². The average Bonchev–Trinajstić information content (AvgIpc) is 2.40. The first-order valence-electron chi connectivity index (χ1n) is 7.34. The molecule has 1 unspecified atom stereocenters. The Bertz CT molecular complexity index is 247. The summed E-state index contributed by atoms with van der Waals surface area (Å²) in [7, 11) is 0. The fraction of sp³-hybridized carbons (Fsp3) is 0.929. The molecule has 2 fully saturated rings. The van der Waals surface area contributed by atoms with E-state index in [9.17, 15) is 4.79 Å². The number of piperidine rings is 2. The summed E-state index contributed by atoms with van der Waals surface area (Å²) in [6, 6.07) is 0.531. The average molecular weight is 238 g/mol. The van der Waals surface area contributed by atoms with Gasteiger partial charge in [-0.2, -0.15) is 0 Å². The van der Waals surface area contributed by atoms with Gasteiger partial charge in [-0.1, -0.05) is 13.3 Å². The van der Waals surface area contributed by atoms with Crippen molar-refractivity contribution < 1.29 is 4.79 Å². The molecule has 2 aliphatic rings. The van der Waals surface area contributed by atoms with Crippen molar-refractivity contribution in [2.24, 2.45) is 5.92 Å². The maximum absolute atomic E-state index is 12.5. The van der Waals surface area contributed by atoms with Crippen LogP contribution in [0.25, 0.3) is 0 Å². The summed E-state index contributed by atoms with van der Waals surface area (Å²) in [5.41, 5.74) is 0. The van der Waals surface area contributed by atoms with Gasteiger partial charge in [0.15, 0.2) is 0 Å². The minimum Gasteiger partial charge on any atom is -0.339 e. The molecule has 3 nitrogen and oxygen atoms in total. The van der Waals surface area contributed by atoms with Crippen LogP contribution in [0.5, 0.6) is 0 Å². The van der Waals surface area contributed by atoms with E-state index in [2.05, 4.69) is 17.1 Å². The van der Waals surface area contributed by atoms with Crippen LogP contribution in [0.3, 0.4) is 0 Å². The number of nitrogens with one attached hydrogen (secondary N) is 1. The lowest BCUT2D eigenvalue weighted by Crippen LogP contribution is -2.49. The highest BCUT2D eigenvalue weighted by Gasteiger charge is 2.31. The Morgan fingerprint density at radius 1 is 1.29 bits per heavy atom. The number of hydrogen-bond donors (Lipinski definition) is 1. The third-order valence-corrected chi connectivity index (χ3v) is 4.18. The van der Waals surface area contributed by atoms with Gasteiger partial charge < -0.3 is 10.2 Å². The zero-order valence-electron chi connectivity index (χ0n) is 11.1. The van der Waals surface area contributed by atoms with Crippen molar-refractivity contribution in [3.05, 3.63) is 0 Å². The summed E-state index contributed by atoms with van der Waals surface area (Å²) in [5.74, 6) is 0.677. The highest BCUT2D eigenvalue weighted by Crippen LogP contribution is 2.24. The first-order valence-corrected chi connectivity index (χ1v) is 7.34. The first-order chi connectivity index (χ1) is 8.33. The summed E-state index contributed by atoms with van der Waals surface area (Å²) in [6.07, 6.45) is 8.34. The fourth-order valence-corrected chi connectivity index (χ4v) is 3.22. The lowest BCUT2D eigenvalue weighted by Gasteiger charge is -2.38. The van der Waals surface area contributed by atoms with E-state index in [-0.39, 0.29) is 5.92 Å². The second-order valence-corrected chi connectivity index (χ2v) is 5.51. The van der Waals surface area contributed by atoms with Gasteiger partial charge in [0.05, 0.1) is 5.92 Å². The van der Waals surface area contributed by atoms with Gasteiger partial charge in [-0.15, -0.1) is 0 Å². The lowest BCUT2D eigenvalue weighted by molar-refractivity contribution is -0.140. The quantitative estimate of drug-likeness (QED) is 0.817. The summed E-state index contributed by atoms with van der Waals surface area (Å²) in [6.45, 7) is 5.20. The third kappa shape index (κ3) is 3.21. The van der Waals surface area contributed by atoms with Gasteiger partial charge in [-0.05, 0) is 45.1 Å². The Morgan fingerprint density at radius 3 is 2.88 bits per heavy atom. The van der Waals surface area contributed by atoms with Crippen molar-refractivity contribution in [2.45, 2.75) is 57.9 Å². The molecule has 2 saturated heterocycles. The number of carbonyl (C=O) groups is 1. The molecule has 1 N–H and O–H groups in total. The van der Waals surface area contributed by atoms with Crippen LogP contribution in [0.15, 0.2) is 0 Å². The predicted molar refractivity (Wildman–Crippen MR) is 69.9 cm³/mol. The highest BCUT2D eigenvalue weighted by atomic mass is 16.2. The SMILES string of the molecule is CCCC1CCCCN1C(=O)[C@@H]1CCCNC1. The lowest BCUT2D eigenvalue weighted by atomic mass is 9.93. The Morgan fingerprint density at radius 2 is 2.18 bits per heavy atom. The number of carbonyl (C=O) groups excluding carboxylic acids is 1. The first kappa shape index (κ1) is 12.9. The molecule has 17 heavy (non-hydrogen) atoms. The van der Waals surface area contributed by atoms with Crippen molar-refractivity contribution in [3.8, 4) is 0 Å². The van der Waals surface area contributed by atoms with Crippen molar-refractivity contribution in [1.29, 1.82) is 0 Å². The second-order valence-electron chi connectivity index (χ2n) is 5.51. The van der Waals surface area contributed by atoms with Gasteiger partial charge in [0, 0.05) is 19.1 Å². The van der Waals surface area contributed by atoms with E-state index in [4.69, 9.17) is 0 Å². The molecular weight excluding hydrogens is 212 g/mol. The van der Waals surface area contributed by atoms with Crippen LogP contribution in [0.1, 0.15) is 51.9 Å². The van der Waals surface area contributed by atoms with Crippen LogP contribution >= 0.6 is 0 Å². The normalized spacial score (nSPS) is 30.3. The van der Waals surface area contributed by atoms with Crippen LogP contribution < -0.4 is 5.32 Å². The molecule has 3 heteroatoms. The number of nitrogens with zero attached hydrogens (tertiary/aromatic N) is 1. The maximum Gasteiger partial charge on any atom is 0.227 e. The molecule has 98 valence electrons. The van der Waals surface area contributed by atoms with Crippen LogP contribution in [0.4, 0.5) is 0 Å². The van der Waals surface area contributed by atoms with Crippen LogP contribution in [-0.2, 0) is 4.79 Å². The molecule has 0 aromatic rings. The number of rotatable bonds is 3. The summed E-state index contributed by atoms with van der Waals surface area (Å²) in [4.78, 5) is 14.7. The van der Waals surface area contributed by atoms with E-state index in [1.54, 1.807) is 0 Å². The molecule has 0 aromatic carbocycles. The monoisotopic (exact) mass is 238 g/mol. The van der Waals surface area contributed by atoms with E-state index in [0.717, 1.165) is 32.5 Å². The molecule has 0 bridgehead atoms. The Kier molecular flexibility index (Phi) is 4.84. The summed E-state index contributed by atoms with van der Waals surface area (Å²) in [5, 5.41) is 3.35. The second kappa shape index (κ2) is 6.39. The molecule has 2 atom stereocenters. The Labute approximate surface area is 105 Å². The minimum absolute atomic E-state index is 0.251. The molecule has 0 spiro atoms. The van der Waals surface area contributed by atoms with E-state index in [1.807, 2.05) is 0 Å². The van der Waals surface area contributed by atoms with Crippen molar-refractivity contribution >= 4 is 5.91 Å². The minimum atomic E-state index is 0.251. The Balaban J connectivity index is 1.94. The number of hydrogen-bond acceptors (Lipinski definition) is 2. The van der Waals surface area contributed by atoms with Crippen LogP contribution in [-0.4, -0.2) is 36.5 Å². The molecule has 0 radical (unpaired) electrons. The van der Waals surface area contributed by atoms with Gasteiger partial charge in [-0.25, -0.2) is 0 Å². The van der Waals surface area contributed by atoms with Crippen LogP contribution in [0, 0.1) is 5.92 Å². The predicted octanol–water partition coefficient (Wildman–Crippen LogP) is 2.17. The Hall–Kier alpha value is -0.570. The highest BCUT2D eigenvalue weighted by molar-refractivity contribution is 5.79. The third-order valence-electron chi connectivity index (χ3n) is 4.18. The van der Waals surface area contributed by atoms with E-state index in [1.165, 1.54) is 32.1 Å². The van der Waals surface area contributed by atoms with Crippen molar-refractivity contribution in [1.82, 2.24) is 10.2 Å². The van der Waals surface area contributed by atoms with Gasteiger partial charge in [-0.3, -0.25) is 4.79 Å². The largest absolute Gasteiger partial charge is 0.339 e. The summed E-state index contributed by atoms with van der Waals surface area (Å²) < 4.78 is 0. The summed E-state index contributed by atoms with van der Waals surface area (Å²) >= 11 is 0. The molecule has 0 aromatic heterocycles. The van der Waals surface area contributed by atoms with Gasteiger partial charge >= 0.3 is 0 Å². The van der Waals surface area contributed by atoms with Gasteiger partial charge in [0.2, 0.25) is 5.91 Å². The fourth-order valence-electron chi connectivity index (χ4n) is 3.22. The molecule has 2 rings (SSSR count).